The van der Waals surface area contributed by atoms with E-state index in [0.29, 0.717) is 5.92 Å². The minimum atomic E-state index is 0.524. The van der Waals surface area contributed by atoms with Gasteiger partial charge in [-0.3, -0.25) is 10.00 Å². The van der Waals surface area contributed by atoms with E-state index in [1.54, 1.807) is 0 Å². The molecule has 3 aromatic rings. The zero-order chi connectivity index (χ0) is 18.9. The fourth-order valence-corrected chi connectivity index (χ4v) is 4.49. The molecule has 2 N–H and O–H groups in total. The van der Waals surface area contributed by atoms with Crippen molar-refractivity contribution in [1.29, 1.82) is 0 Å². The molecular weight excluding hydrogens is 350 g/mol. The number of H-pyrrole nitrogens is 1. The Morgan fingerprint density at radius 3 is 2.89 bits per heavy atom. The molecule has 4 heterocycles. The third kappa shape index (κ3) is 3.36. The Kier molecular flexibility index (Phi) is 4.70. The highest BCUT2D eigenvalue weighted by molar-refractivity contribution is 5.63. The molecule has 0 spiro atoms. The average Bonchev–Trinajstić information content (AvgIpc) is 3.36. The van der Waals surface area contributed by atoms with Crippen LogP contribution in [0.5, 0.6) is 0 Å². The highest BCUT2D eigenvalue weighted by Gasteiger charge is 2.27. The molecule has 2 aliphatic heterocycles. The molecule has 7 heteroatoms. The third-order valence-corrected chi connectivity index (χ3v) is 6.02. The summed E-state index contributed by atoms with van der Waals surface area (Å²) < 4.78 is 2.34. The molecule has 0 bridgehead atoms. The van der Waals surface area contributed by atoms with Crippen LogP contribution in [0.4, 0.5) is 0 Å². The Labute approximate surface area is 165 Å². The molecule has 0 unspecified atom stereocenters. The van der Waals surface area contributed by atoms with E-state index in [2.05, 4.69) is 66.4 Å². The van der Waals surface area contributed by atoms with Gasteiger partial charge in [0.05, 0.1) is 18.4 Å². The maximum atomic E-state index is 4.52. The molecule has 1 saturated heterocycles. The molecule has 146 valence electrons. The van der Waals surface area contributed by atoms with Gasteiger partial charge in [0.25, 0.3) is 0 Å². The summed E-state index contributed by atoms with van der Waals surface area (Å²) in [6.45, 7) is 8.09. The monoisotopic (exact) mass is 377 g/mol. The van der Waals surface area contributed by atoms with E-state index in [1.807, 2.05) is 6.20 Å². The van der Waals surface area contributed by atoms with Crippen molar-refractivity contribution >= 4 is 0 Å². The first-order valence-electron chi connectivity index (χ1n) is 10.2. The Hall–Kier alpha value is -2.51. The topological polar surface area (TPSA) is 74.7 Å². The van der Waals surface area contributed by atoms with Gasteiger partial charge in [-0.2, -0.15) is 5.10 Å². The minimum absolute atomic E-state index is 0.524. The predicted molar refractivity (Wildman–Crippen MR) is 108 cm³/mol. The molecule has 7 nitrogen and oxygen atoms in total. The zero-order valence-electron chi connectivity index (χ0n) is 16.4. The number of aromatic nitrogens is 5. The van der Waals surface area contributed by atoms with Crippen molar-refractivity contribution in [2.24, 2.45) is 0 Å². The van der Waals surface area contributed by atoms with Gasteiger partial charge in [-0.1, -0.05) is 23.8 Å². The summed E-state index contributed by atoms with van der Waals surface area (Å²) in [6, 6.07) is 8.60. The van der Waals surface area contributed by atoms with Crippen LogP contribution in [0.15, 0.2) is 30.5 Å². The van der Waals surface area contributed by atoms with Crippen molar-refractivity contribution in [2.75, 3.05) is 19.6 Å². The van der Waals surface area contributed by atoms with E-state index >= 15 is 0 Å². The molecule has 0 saturated carbocycles. The van der Waals surface area contributed by atoms with Crippen molar-refractivity contribution in [3.05, 3.63) is 53.2 Å². The van der Waals surface area contributed by atoms with E-state index < -0.39 is 0 Å². The second-order valence-corrected chi connectivity index (χ2v) is 7.99. The number of aryl methyl sites for hydroxylation is 1. The summed E-state index contributed by atoms with van der Waals surface area (Å²) in [7, 11) is 0. The largest absolute Gasteiger partial charge is 0.312 e. The van der Waals surface area contributed by atoms with Gasteiger partial charge in [0.15, 0.2) is 0 Å². The molecule has 28 heavy (non-hydrogen) atoms. The third-order valence-electron chi connectivity index (χ3n) is 6.02. The van der Waals surface area contributed by atoms with Crippen molar-refractivity contribution in [1.82, 2.24) is 35.2 Å². The van der Waals surface area contributed by atoms with E-state index in [-0.39, 0.29) is 0 Å². The lowest BCUT2D eigenvalue weighted by atomic mass is 9.95. The first-order valence-corrected chi connectivity index (χ1v) is 10.2. The number of benzene rings is 1. The van der Waals surface area contributed by atoms with E-state index in [4.69, 9.17) is 0 Å². The summed E-state index contributed by atoms with van der Waals surface area (Å²) in [5, 5.41) is 19.8. The lowest BCUT2D eigenvalue weighted by molar-refractivity contribution is 0.199. The molecule has 1 aromatic carbocycles. The second kappa shape index (κ2) is 7.48. The number of aromatic amines is 1. The van der Waals surface area contributed by atoms with Crippen LogP contribution in [-0.2, 0) is 19.6 Å². The van der Waals surface area contributed by atoms with Crippen molar-refractivity contribution in [2.45, 2.75) is 45.3 Å². The summed E-state index contributed by atoms with van der Waals surface area (Å²) in [5.74, 6) is 2.81. The Bertz CT molecular complexity index is 949. The SMILES string of the molecule is Cc1cccc(-c2[nH]ncc2CN2CCC(c3nnc4n3CCNC4)CC2)c1. The maximum absolute atomic E-state index is 4.52. The maximum Gasteiger partial charge on any atom is 0.147 e. The summed E-state index contributed by atoms with van der Waals surface area (Å²) in [4.78, 5) is 2.54. The van der Waals surface area contributed by atoms with Gasteiger partial charge in [-0.05, 0) is 38.9 Å². The number of likely N-dealkylation sites (tertiary alicyclic amines) is 1. The van der Waals surface area contributed by atoms with Crippen LogP contribution in [0.2, 0.25) is 0 Å². The molecule has 1 fully saturated rings. The van der Waals surface area contributed by atoms with Gasteiger partial charge >= 0.3 is 0 Å². The number of nitrogens with zero attached hydrogens (tertiary/aromatic N) is 5. The molecule has 0 amide bonds. The number of fused-ring (bicyclic) bond motifs is 1. The molecular formula is C21H27N7. The van der Waals surface area contributed by atoms with Crippen molar-refractivity contribution in [3.63, 3.8) is 0 Å². The number of hydrogen-bond acceptors (Lipinski definition) is 5. The van der Waals surface area contributed by atoms with Gasteiger partial charge in [0.2, 0.25) is 0 Å². The minimum Gasteiger partial charge on any atom is -0.312 e. The van der Waals surface area contributed by atoms with E-state index in [9.17, 15) is 0 Å². The normalized spacial score (nSPS) is 18.3. The zero-order valence-corrected chi connectivity index (χ0v) is 16.4. The summed E-state index contributed by atoms with van der Waals surface area (Å²) in [5.41, 5.74) is 4.90. The van der Waals surface area contributed by atoms with Crippen LogP contribution < -0.4 is 5.32 Å². The van der Waals surface area contributed by atoms with Crippen LogP contribution in [0, 0.1) is 6.92 Å². The van der Waals surface area contributed by atoms with Crippen LogP contribution in [-0.4, -0.2) is 49.5 Å². The molecule has 2 aliphatic rings. The van der Waals surface area contributed by atoms with Crippen LogP contribution in [0.1, 0.15) is 41.5 Å². The molecule has 0 radical (unpaired) electrons. The van der Waals surface area contributed by atoms with Crippen LogP contribution >= 0.6 is 0 Å². The van der Waals surface area contributed by atoms with Gasteiger partial charge in [0, 0.05) is 36.7 Å². The number of piperidine rings is 1. The smallest absolute Gasteiger partial charge is 0.147 e. The summed E-state index contributed by atoms with van der Waals surface area (Å²) in [6.07, 6.45) is 4.26. The first-order chi connectivity index (χ1) is 13.8. The standard InChI is InChI=1S/C21H27N7/c1-15-3-2-4-17(11-15)20-18(12-23-25-20)14-27-8-5-16(6-9-27)21-26-24-19-13-22-7-10-28(19)21/h2-4,11-12,16,22H,5-10,13-14H2,1H3,(H,23,25). The highest BCUT2D eigenvalue weighted by Crippen LogP contribution is 2.30. The highest BCUT2D eigenvalue weighted by atomic mass is 15.3. The fraction of sp³-hybridized carbons (Fsp3) is 0.476. The van der Waals surface area contributed by atoms with E-state index in [1.165, 1.54) is 22.5 Å². The number of nitrogens with one attached hydrogen (secondary N) is 2. The molecule has 2 aromatic heterocycles. The Balaban J connectivity index is 1.25. The molecule has 0 atom stereocenters. The average molecular weight is 377 g/mol. The lowest BCUT2D eigenvalue weighted by Crippen LogP contribution is -2.34. The van der Waals surface area contributed by atoms with Gasteiger partial charge in [-0.15, -0.1) is 10.2 Å². The van der Waals surface area contributed by atoms with Crippen LogP contribution in [0.25, 0.3) is 11.3 Å². The van der Waals surface area contributed by atoms with Gasteiger partial charge in [-0.25, -0.2) is 0 Å². The first kappa shape index (κ1) is 17.6. The predicted octanol–water partition coefficient (Wildman–Crippen LogP) is 2.46. The lowest BCUT2D eigenvalue weighted by Gasteiger charge is -2.32. The fourth-order valence-electron chi connectivity index (χ4n) is 4.49. The second-order valence-electron chi connectivity index (χ2n) is 7.99. The van der Waals surface area contributed by atoms with Crippen molar-refractivity contribution in [3.8, 4) is 11.3 Å². The van der Waals surface area contributed by atoms with Crippen molar-refractivity contribution < 1.29 is 0 Å². The molecule has 0 aliphatic carbocycles. The molecule has 5 rings (SSSR count). The quantitative estimate of drug-likeness (QED) is 0.731. The Morgan fingerprint density at radius 2 is 2.04 bits per heavy atom. The van der Waals surface area contributed by atoms with Crippen LogP contribution in [0.3, 0.4) is 0 Å². The number of hydrogen-bond donors (Lipinski definition) is 2. The van der Waals surface area contributed by atoms with Gasteiger partial charge in [0.1, 0.15) is 11.6 Å². The number of rotatable bonds is 4. The summed E-state index contributed by atoms with van der Waals surface area (Å²) >= 11 is 0. The van der Waals surface area contributed by atoms with E-state index in [0.717, 1.165) is 63.6 Å². The Morgan fingerprint density at radius 1 is 1.14 bits per heavy atom. The van der Waals surface area contributed by atoms with Gasteiger partial charge < -0.3 is 9.88 Å².